The molecule has 4 atom stereocenters. The first-order valence-electron chi connectivity index (χ1n) is 10.6. The molecule has 3 aliphatic rings. The Morgan fingerprint density at radius 3 is 1.06 bits per heavy atom. The molecule has 0 N–H and O–H groups in total. The van der Waals surface area contributed by atoms with Crippen LogP contribution in [0, 0.1) is 11.6 Å². The zero-order chi connectivity index (χ0) is 26.3. The third-order valence-electron chi connectivity index (χ3n) is 6.67. The van der Waals surface area contributed by atoms with E-state index in [1.807, 2.05) is 0 Å². The molecule has 196 valence electrons. The van der Waals surface area contributed by atoms with Crippen LogP contribution in [0.3, 0.4) is 0 Å². The number of piperazine rings is 1. The summed E-state index contributed by atoms with van der Waals surface area (Å²) in [5.41, 5.74) is 0. The van der Waals surface area contributed by atoms with Gasteiger partial charge in [-0.1, -0.05) is 0 Å². The van der Waals surface area contributed by atoms with Crippen LogP contribution in [-0.2, 0) is 39.7 Å². The summed E-state index contributed by atoms with van der Waals surface area (Å²) in [5.74, 6) is -4.33. The van der Waals surface area contributed by atoms with Gasteiger partial charge in [-0.25, -0.2) is 42.5 Å². The average molecular weight is 583 g/mol. The number of rotatable bonds is 4. The molecule has 3 aliphatic heterocycles. The van der Waals surface area contributed by atoms with Crippen LogP contribution < -0.4 is 0 Å². The highest BCUT2D eigenvalue weighted by Crippen LogP contribution is 2.43. The third kappa shape index (κ3) is 4.16. The topological polar surface area (TPSA) is 143 Å². The van der Waals surface area contributed by atoms with Crippen molar-refractivity contribution in [3.05, 3.63) is 60.2 Å². The number of benzene rings is 2. The van der Waals surface area contributed by atoms with Gasteiger partial charge in [0.1, 0.15) is 11.6 Å². The Kier molecular flexibility index (Phi) is 5.89. The van der Waals surface area contributed by atoms with Gasteiger partial charge in [-0.15, -0.1) is 0 Å². The number of sulfone groups is 2. The highest BCUT2D eigenvalue weighted by molar-refractivity contribution is 7.93. The fourth-order valence-electron chi connectivity index (χ4n) is 5.25. The molecule has 10 nitrogen and oxygen atoms in total. The summed E-state index contributed by atoms with van der Waals surface area (Å²) >= 11 is 0. The van der Waals surface area contributed by atoms with Crippen LogP contribution in [0.1, 0.15) is 0 Å². The fraction of sp³-hybridized carbons (Fsp3) is 0.400. The molecule has 0 aromatic heterocycles. The molecule has 0 bridgehead atoms. The second-order valence-corrected chi connectivity index (χ2v) is 17.0. The standard InChI is InChI=1S/C20H20F2N2O8S4/c21-13-1-5-15(6-2-13)35(29,30)23-17-9-33(25,26)11-19(17)24(20-12-34(27,28)10-18(20)23)36(31,32)16-7-3-14(22)4-8-16/h1-8,17-20H,9-12H2/t17-,18-,19+,20+. The van der Waals surface area contributed by atoms with Gasteiger partial charge < -0.3 is 0 Å². The van der Waals surface area contributed by atoms with Gasteiger partial charge in [0.25, 0.3) is 0 Å². The zero-order valence-corrected chi connectivity index (χ0v) is 21.6. The first-order chi connectivity index (χ1) is 16.6. The van der Waals surface area contributed by atoms with Gasteiger partial charge in [0.05, 0.1) is 57.0 Å². The Balaban J connectivity index is 1.70. The molecule has 0 aliphatic carbocycles. The van der Waals surface area contributed by atoms with Gasteiger partial charge in [-0.05, 0) is 48.5 Å². The van der Waals surface area contributed by atoms with Crippen molar-refractivity contribution in [3.8, 4) is 0 Å². The Bertz CT molecular complexity index is 1480. The third-order valence-corrected chi connectivity index (χ3v) is 14.0. The van der Waals surface area contributed by atoms with Crippen molar-refractivity contribution in [2.75, 3.05) is 23.0 Å². The largest absolute Gasteiger partial charge is 0.243 e. The van der Waals surface area contributed by atoms with E-state index < -0.39 is 98.5 Å². The molecule has 0 unspecified atom stereocenters. The zero-order valence-electron chi connectivity index (χ0n) is 18.3. The van der Waals surface area contributed by atoms with Gasteiger partial charge in [0, 0.05) is 0 Å². The van der Waals surface area contributed by atoms with E-state index in [2.05, 4.69) is 0 Å². The normalized spacial score (nSPS) is 30.1. The molecule has 2 aromatic rings. The first-order valence-corrected chi connectivity index (χ1v) is 17.1. The van der Waals surface area contributed by atoms with Gasteiger partial charge in [-0.2, -0.15) is 8.61 Å². The van der Waals surface area contributed by atoms with Crippen molar-refractivity contribution in [1.82, 2.24) is 8.61 Å². The summed E-state index contributed by atoms with van der Waals surface area (Å²) in [6.07, 6.45) is 0. The smallest absolute Gasteiger partial charge is 0.229 e. The lowest BCUT2D eigenvalue weighted by Crippen LogP contribution is -2.69. The number of halogens is 2. The predicted molar refractivity (Wildman–Crippen MR) is 123 cm³/mol. The number of fused-ring (bicyclic) bond motifs is 2. The second-order valence-electron chi connectivity index (χ2n) is 9.00. The molecule has 36 heavy (non-hydrogen) atoms. The van der Waals surface area contributed by atoms with Gasteiger partial charge >= 0.3 is 0 Å². The van der Waals surface area contributed by atoms with E-state index in [0.29, 0.717) is 0 Å². The van der Waals surface area contributed by atoms with Crippen molar-refractivity contribution >= 4 is 39.7 Å². The van der Waals surface area contributed by atoms with Crippen molar-refractivity contribution < 1.29 is 42.5 Å². The van der Waals surface area contributed by atoms with E-state index in [1.165, 1.54) is 0 Å². The fourth-order valence-corrected chi connectivity index (χ4v) is 13.2. The molecular weight excluding hydrogens is 562 g/mol. The van der Waals surface area contributed by atoms with E-state index in [0.717, 1.165) is 57.1 Å². The molecule has 3 heterocycles. The summed E-state index contributed by atoms with van der Waals surface area (Å²) in [4.78, 5) is -0.769. The van der Waals surface area contributed by atoms with Crippen LogP contribution in [0.2, 0.25) is 0 Å². The number of hydrogen-bond acceptors (Lipinski definition) is 8. The average Bonchev–Trinajstić information content (AvgIpc) is 3.24. The van der Waals surface area contributed by atoms with Crippen LogP contribution in [0.15, 0.2) is 58.3 Å². The molecule has 0 saturated carbocycles. The van der Waals surface area contributed by atoms with Crippen LogP contribution in [-0.4, -0.2) is 89.5 Å². The minimum atomic E-state index is -4.56. The van der Waals surface area contributed by atoms with Crippen LogP contribution in [0.4, 0.5) is 8.78 Å². The quantitative estimate of drug-likeness (QED) is 0.490. The van der Waals surface area contributed by atoms with Crippen LogP contribution in [0.25, 0.3) is 0 Å². The highest BCUT2D eigenvalue weighted by Gasteiger charge is 2.63. The lowest BCUT2D eigenvalue weighted by Gasteiger charge is -2.48. The molecule has 0 amide bonds. The van der Waals surface area contributed by atoms with Crippen molar-refractivity contribution in [1.29, 1.82) is 0 Å². The maximum Gasteiger partial charge on any atom is 0.243 e. The molecule has 16 heteroatoms. The van der Waals surface area contributed by atoms with E-state index in [-0.39, 0.29) is 9.79 Å². The number of hydrogen-bond donors (Lipinski definition) is 0. The minimum absolute atomic E-state index is 0.384. The predicted octanol–water partition coefficient (Wildman–Crippen LogP) is -0.00880. The van der Waals surface area contributed by atoms with E-state index >= 15 is 0 Å². The summed E-state index contributed by atoms with van der Waals surface area (Å²) in [5, 5.41) is 0. The molecular formula is C20H20F2N2O8S4. The summed E-state index contributed by atoms with van der Waals surface area (Å²) < 4.78 is 134. The molecule has 3 fully saturated rings. The Hall–Kier alpha value is -1.98. The van der Waals surface area contributed by atoms with Crippen molar-refractivity contribution in [2.24, 2.45) is 0 Å². The molecule has 5 rings (SSSR count). The SMILES string of the molecule is O=S1(=O)C[C@@H]2[C@H](C1)N(S(=O)(=O)c1ccc(F)cc1)[C@H]1CS(=O)(=O)C[C@H]1N2S(=O)(=O)c1ccc(F)cc1. The Morgan fingerprint density at radius 2 is 0.806 bits per heavy atom. The number of nitrogens with zero attached hydrogens (tertiary/aromatic N) is 2. The monoisotopic (exact) mass is 582 g/mol. The van der Waals surface area contributed by atoms with Crippen molar-refractivity contribution in [3.63, 3.8) is 0 Å². The van der Waals surface area contributed by atoms with E-state index in [9.17, 15) is 42.5 Å². The van der Waals surface area contributed by atoms with Crippen LogP contribution >= 0.6 is 0 Å². The lowest BCUT2D eigenvalue weighted by atomic mass is 10.0. The van der Waals surface area contributed by atoms with Crippen molar-refractivity contribution in [2.45, 2.75) is 34.0 Å². The van der Waals surface area contributed by atoms with Crippen LogP contribution in [0.5, 0.6) is 0 Å². The maximum absolute atomic E-state index is 13.7. The Morgan fingerprint density at radius 1 is 0.556 bits per heavy atom. The summed E-state index contributed by atoms with van der Waals surface area (Å²) in [6.45, 7) is 0. The minimum Gasteiger partial charge on any atom is -0.229 e. The van der Waals surface area contributed by atoms with E-state index in [4.69, 9.17) is 0 Å². The second kappa shape index (κ2) is 8.26. The van der Waals surface area contributed by atoms with Gasteiger partial charge in [-0.3, -0.25) is 0 Å². The summed E-state index contributed by atoms with van der Waals surface area (Å²) in [7, 11) is -17.0. The maximum atomic E-state index is 13.7. The Labute approximate surface area is 207 Å². The molecule has 3 saturated heterocycles. The first kappa shape index (κ1) is 25.7. The van der Waals surface area contributed by atoms with Gasteiger partial charge in [0.2, 0.25) is 20.0 Å². The number of sulfonamides is 2. The summed E-state index contributed by atoms with van der Waals surface area (Å²) in [6, 6.07) is 1.80. The molecule has 0 spiro atoms. The lowest BCUT2D eigenvalue weighted by molar-refractivity contribution is 0.0841. The highest BCUT2D eigenvalue weighted by atomic mass is 32.2. The molecule has 2 aromatic carbocycles. The van der Waals surface area contributed by atoms with E-state index in [1.54, 1.807) is 0 Å². The molecule has 0 radical (unpaired) electrons. The van der Waals surface area contributed by atoms with Gasteiger partial charge in [0.15, 0.2) is 19.7 Å².